The van der Waals surface area contributed by atoms with Crippen molar-refractivity contribution in [2.75, 3.05) is 11.9 Å². The van der Waals surface area contributed by atoms with Gasteiger partial charge in [0.25, 0.3) is 0 Å². The molecule has 0 bridgehead atoms. The van der Waals surface area contributed by atoms with Crippen LogP contribution in [0.4, 0.5) is 5.82 Å². The van der Waals surface area contributed by atoms with E-state index in [0.29, 0.717) is 6.54 Å². The number of rotatable bonds is 0. The van der Waals surface area contributed by atoms with Crippen molar-refractivity contribution in [3.63, 3.8) is 0 Å². The first-order valence-electron chi connectivity index (χ1n) is 3.55. The standard InChI is InChI=1S/C7H8N4/c8-3-6-4-9-7-1-2-10-11(7)5-6/h1-2,6,9H,4-5H2. The van der Waals surface area contributed by atoms with Crippen LogP contribution >= 0.6 is 0 Å². The van der Waals surface area contributed by atoms with Crippen LogP contribution in [-0.2, 0) is 6.54 Å². The number of nitriles is 1. The molecule has 2 heterocycles. The predicted molar refractivity (Wildman–Crippen MR) is 39.8 cm³/mol. The van der Waals surface area contributed by atoms with Crippen LogP contribution in [0.2, 0.25) is 0 Å². The molecule has 1 aromatic heterocycles. The van der Waals surface area contributed by atoms with Gasteiger partial charge in [-0.05, 0) is 0 Å². The topological polar surface area (TPSA) is 53.6 Å². The van der Waals surface area contributed by atoms with Crippen molar-refractivity contribution in [1.82, 2.24) is 9.78 Å². The van der Waals surface area contributed by atoms with Crippen LogP contribution < -0.4 is 5.32 Å². The Morgan fingerprint density at radius 3 is 3.55 bits per heavy atom. The van der Waals surface area contributed by atoms with Gasteiger partial charge in [0.05, 0.1) is 24.7 Å². The summed E-state index contributed by atoms with van der Waals surface area (Å²) in [5.41, 5.74) is 0. The summed E-state index contributed by atoms with van der Waals surface area (Å²) in [6, 6.07) is 4.12. The van der Waals surface area contributed by atoms with Gasteiger partial charge < -0.3 is 5.32 Å². The fourth-order valence-corrected chi connectivity index (χ4v) is 1.22. The lowest BCUT2D eigenvalue weighted by molar-refractivity contribution is 0.490. The molecule has 2 rings (SSSR count). The number of aromatic nitrogens is 2. The van der Waals surface area contributed by atoms with Crippen molar-refractivity contribution in [1.29, 1.82) is 5.26 Å². The molecule has 1 aromatic rings. The Labute approximate surface area is 64.4 Å². The van der Waals surface area contributed by atoms with Crippen LogP contribution in [0.25, 0.3) is 0 Å². The van der Waals surface area contributed by atoms with E-state index >= 15 is 0 Å². The Bertz CT molecular complexity index is 296. The van der Waals surface area contributed by atoms with Crippen molar-refractivity contribution in [2.45, 2.75) is 6.54 Å². The Hall–Kier alpha value is -1.50. The molecule has 1 N–H and O–H groups in total. The lowest BCUT2D eigenvalue weighted by Gasteiger charge is -2.19. The second-order valence-corrected chi connectivity index (χ2v) is 2.61. The van der Waals surface area contributed by atoms with E-state index in [0.717, 1.165) is 12.4 Å². The molecule has 1 unspecified atom stereocenters. The van der Waals surface area contributed by atoms with Crippen molar-refractivity contribution in [2.24, 2.45) is 5.92 Å². The monoisotopic (exact) mass is 148 g/mol. The quantitative estimate of drug-likeness (QED) is 0.581. The maximum Gasteiger partial charge on any atom is 0.124 e. The maximum absolute atomic E-state index is 8.62. The molecule has 4 heteroatoms. The molecule has 0 aromatic carbocycles. The molecule has 0 saturated carbocycles. The van der Waals surface area contributed by atoms with Crippen LogP contribution in [0.3, 0.4) is 0 Å². The minimum Gasteiger partial charge on any atom is -0.369 e. The molecular weight excluding hydrogens is 140 g/mol. The first-order chi connectivity index (χ1) is 5.40. The molecule has 1 aliphatic heterocycles. The fraction of sp³-hybridized carbons (Fsp3) is 0.429. The molecule has 1 aliphatic rings. The van der Waals surface area contributed by atoms with Crippen molar-refractivity contribution < 1.29 is 0 Å². The minimum absolute atomic E-state index is 0.0578. The molecule has 0 saturated heterocycles. The van der Waals surface area contributed by atoms with Gasteiger partial charge in [0.2, 0.25) is 0 Å². The summed E-state index contributed by atoms with van der Waals surface area (Å²) >= 11 is 0. The molecule has 56 valence electrons. The molecule has 0 fully saturated rings. The Morgan fingerprint density at radius 2 is 2.73 bits per heavy atom. The normalized spacial score (nSPS) is 21.5. The third kappa shape index (κ3) is 0.944. The molecular formula is C7H8N4. The van der Waals surface area contributed by atoms with E-state index in [2.05, 4.69) is 16.5 Å². The zero-order valence-electron chi connectivity index (χ0n) is 5.99. The van der Waals surface area contributed by atoms with E-state index in [-0.39, 0.29) is 5.92 Å². The van der Waals surface area contributed by atoms with Crippen LogP contribution in [0.1, 0.15) is 0 Å². The molecule has 0 aliphatic carbocycles. The summed E-state index contributed by atoms with van der Waals surface area (Å²) in [6.07, 6.45) is 1.74. The van der Waals surface area contributed by atoms with Gasteiger partial charge in [-0.1, -0.05) is 0 Å². The smallest absolute Gasteiger partial charge is 0.124 e. The number of fused-ring (bicyclic) bond motifs is 1. The van der Waals surface area contributed by atoms with E-state index < -0.39 is 0 Å². The Kier molecular flexibility index (Phi) is 1.29. The number of hydrogen-bond donors (Lipinski definition) is 1. The van der Waals surface area contributed by atoms with Crippen molar-refractivity contribution in [3.05, 3.63) is 12.3 Å². The predicted octanol–water partition coefficient (Wildman–Crippen LogP) is 0.448. The third-order valence-corrected chi connectivity index (χ3v) is 1.82. The molecule has 0 spiro atoms. The van der Waals surface area contributed by atoms with Gasteiger partial charge >= 0.3 is 0 Å². The largest absolute Gasteiger partial charge is 0.369 e. The van der Waals surface area contributed by atoms with Crippen LogP contribution in [0.5, 0.6) is 0 Å². The highest BCUT2D eigenvalue weighted by molar-refractivity contribution is 5.36. The summed E-state index contributed by atoms with van der Waals surface area (Å²) in [5, 5.41) is 15.8. The van der Waals surface area contributed by atoms with Crippen molar-refractivity contribution in [3.8, 4) is 6.07 Å². The highest BCUT2D eigenvalue weighted by atomic mass is 15.3. The van der Waals surface area contributed by atoms with Gasteiger partial charge in [0.1, 0.15) is 5.82 Å². The lowest BCUT2D eigenvalue weighted by atomic mass is 10.1. The number of nitrogens with zero attached hydrogens (tertiary/aromatic N) is 3. The zero-order valence-corrected chi connectivity index (χ0v) is 5.99. The second kappa shape index (κ2) is 2.27. The van der Waals surface area contributed by atoms with E-state index in [9.17, 15) is 0 Å². The van der Waals surface area contributed by atoms with E-state index in [1.54, 1.807) is 6.20 Å². The molecule has 0 radical (unpaired) electrons. The zero-order chi connectivity index (χ0) is 7.68. The first kappa shape index (κ1) is 6.23. The Morgan fingerprint density at radius 1 is 1.82 bits per heavy atom. The third-order valence-electron chi connectivity index (χ3n) is 1.82. The molecule has 0 amide bonds. The van der Waals surface area contributed by atoms with Gasteiger partial charge in [-0.2, -0.15) is 10.4 Å². The summed E-state index contributed by atoms with van der Waals surface area (Å²) in [5.74, 6) is 1.07. The summed E-state index contributed by atoms with van der Waals surface area (Å²) in [7, 11) is 0. The van der Waals surface area contributed by atoms with Gasteiger partial charge in [-0.25, -0.2) is 4.68 Å². The van der Waals surface area contributed by atoms with Gasteiger partial charge in [-0.15, -0.1) is 0 Å². The van der Waals surface area contributed by atoms with Gasteiger partial charge in [-0.3, -0.25) is 0 Å². The number of nitrogens with one attached hydrogen (secondary N) is 1. The van der Waals surface area contributed by atoms with Gasteiger partial charge in [0.15, 0.2) is 0 Å². The van der Waals surface area contributed by atoms with Gasteiger partial charge in [0, 0.05) is 12.6 Å². The molecule has 1 atom stereocenters. The number of anilines is 1. The highest BCUT2D eigenvalue weighted by Gasteiger charge is 2.16. The Balaban J connectivity index is 2.26. The first-order valence-corrected chi connectivity index (χ1v) is 3.55. The average Bonchev–Trinajstić information content (AvgIpc) is 2.50. The maximum atomic E-state index is 8.62. The molecule has 11 heavy (non-hydrogen) atoms. The average molecular weight is 148 g/mol. The number of hydrogen-bond acceptors (Lipinski definition) is 3. The lowest BCUT2D eigenvalue weighted by Crippen LogP contribution is -2.26. The van der Waals surface area contributed by atoms with Crippen molar-refractivity contribution >= 4 is 5.82 Å². The minimum atomic E-state index is 0.0578. The van der Waals surface area contributed by atoms with E-state index in [1.807, 2.05) is 10.7 Å². The van der Waals surface area contributed by atoms with Crippen LogP contribution in [0, 0.1) is 17.2 Å². The summed E-state index contributed by atoms with van der Waals surface area (Å²) in [6.45, 7) is 1.45. The highest BCUT2D eigenvalue weighted by Crippen LogP contribution is 2.14. The summed E-state index contributed by atoms with van der Waals surface area (Å²) in [4.78, 5) is 0. The van der Waals surface area contributed by atoms with Crippen LogP contribution in [-0.4, -0.2) is 16.3 Å². The molecule has 4 nitrogen and oxygen atoms in total. The second-order valence-electron chi connectivity index (χ2n) is 2.61. The fourth-order valence-electron chi connectivity index (χ4n) is 1.22. The summed E-state index contributed by atoms with van der Waals surface area (Å²) < 4.78 is 1.82. The van der Waals surface area contributed by atoms with Crippen LogP contribution in [0.15, 0.2) is 12.3 Å². The van der Waals surface area contributed by atoms with E-state index in [1.165, 1.54) is 0 Å². The SMILES string of the molecule is N#CC1CNc2ccnn2C1. The van der Waals surface area contributed by atoms with E-state index in [4.69, 9.17) is 5.26 Å².